The fourth-order valence-corrected chi connectivity index (χ4v) is 7.33. The number of ether oxygens (including phenoxy) is 1. The van der Waals surface area contributed by atoms with Crippen molar-refractivity contribution in [3.63, 3.8) is 0 Å². The molecule has 6 nitrogen and oxygen atoms in total. The van der Waals surface area contributed by atoms with Crippen molar-refractivity contribution in [3.05, 3.63) is 11.6 Å². The number of hydrogen-bond acceptors (Lipinski definition) is 6. The molecule has 4 rings (SSSR count). The largest absolute Gasteiger partial charge is 0.462 e. The third-order valence-corrected chi connectivity index (χ3v) is 8.94. The summed E-state index contributed by atoms with van der Waals surface area (Å²) in [6, 6.07) is 0. The molecular formula is C23H32O6. The second-order valence-electron chi connectivity index (χ2n) is 10.2. The van der Waals surface area contributed by atoms with E-state index in [2.05, 4.69) is 13.0 Å². The third kappa shape index (κ3) is 2.57. The monoisotopic (exact) mass is 404 g/mol. The second-order valence-corrected chi connectivity index (χ2v) is 10.2. The van der Waals surface area contributed by atoms with Crippen LogP contribution >= 0.6 is 0 Å². The maximum atomic E-state index is 13.2. The van der Waals surface area contributed by atoms with Crippen LogP contribution in [0.2, 0.25) is 0 Å². The standard InChI is InChI=1S/C23H32O6/c1-12(24)17-10-19(27)23(28)16-6-5-14-9-15(26)7-8-21(14,3)18(16)11-20(22(17,23)4)29-13(2)25/h5,15-18,20,26,28H,6-11H2,1-4H3. The summed E-state index contributed by atoms with van der Waals surface area (Å²) in [7, 11) is 0. The summed E-state index contributed by atoms with van der Waals surface area (Å²) in [4.78, 5) is 37.7. The first-order valence-corrected chi connectivity index (χ1v) is 10.8. The van der Waals surface area contributed by atoms with E-state index in [1.165, 1.54) is 19.4 Å². The maximum Gasteiger partial charge on any atom is 0.302 e. The highest BCUT2D eigenvalue weighted by molar-refractivity contribution is 5.98. The summed E-state index contributed by atoms with van der Waals surface area (Å²) in [5, 5.41) is 22.2. The van der Waals surface area contributed by atoms with Gasteiger partial charge in [0.25, 0.3) is 0 Å². The van der Waals surface area contributed by atoms with Crippen LogP contribution in [-0.4, -0.2) is 45.6 Å². The molecule has 6 heteroatoms. The number of rotatable bonds is 2. The Morgan fingerprint density at radius 3 is 2.48 bits per heavy atom. The Morgan fingerprint density at radius 2 is 1.86 bits per heavy atom. The Kier molecular flexibility index (Phi) is 4.63. The molecule has 0 amide bonds. The van der Waals surface area contributed by atoms with Crippen molar-refractivity contribution in [3.8, 4) is 0 Å². The molecule has 3 fully saturated rings. The van der Waals surface area contributed by atoms with Crippen molar-refractivity contribution < 1.29 is 29.3 Å². The zero-order valence-corrected chi connectivity index (χ0v) is 17.7. The molecule has 0 aromatic rings. The molecule has 0 aliphatic heterocycles. The summed E-state index contributed by atoms with van der Waals surface area (Å²) >= 11 is 0. The van der Waals surface area contributed by atoms with Crippen LogP contribution in [0.1, 0.15) is 66.2 Å². The zero-order valence-electron chi connectivity index (χ0n) is 17.7. The zero-order chi connectivity index (χ0) is 21.4. The van der Waals surface area contributed by atoms with E-state index < -0.39 is 29.0 Å². The van der Waals surface area contributed by atoms with E-state index in [-0.39, 0.29) is 41.3 Å². The van der Waals surface area contributed by atoms with Gasteiger partial charge in [-0.15, -0.1) is 0 Å². The van der Waals surface area contributed by atoms with E-state index in [1.54, 1.807) is 6.92 Å². The van der Waals surface area contributed by atoms with Crippen LogP contribution in [0.5, 0.6) is 0 Å². The molecular weight excluding hydrogens is 372 g/mol. The summed E-state index contributed by atoms with van der Waals surface area (Å²) < 4.78 is 5.72. The first kappa shape index (κ1) is 20.7. The van der Waals surface area contributed by atoms with Crippen molar-refractivity contribution in [1.82, 2.24) is 0 Å². The molecule has 3 saturated carbocycles. The molecule has 160 valence electrons. The Bertz CT molecular complexity index is 801. The number of carbonyl (C=O) groups is 3. The SMILES string of the molecule is CC(=O)OC1CC2C(CC=C3CC(O)CCC32C)C2(O)C(=O)CC(C(C)=O)C12C. The first-order chi connectivity index (χ1) is 13.5. The summed E-state index contributed by atoms with van der Waals surface area (Å²) in [6.45, 7) is 6.70. The van der Waals surface area contributed by atoms with Crippen LogP contribution in [0.3, 0.4) is 0 Å². The van der Waals surface area contributed by atoms with Gasteiger partial charge in [-0.1, -0.05) is 25.5 Å². The predicted molar refractivity (Wildman–Crippen MR) is 105 cm³/mol. The van der Waals surface area contributed by atoms with Gasteiger partial charge in [-0.2, -0.15) is 0 Å². The van der Waals surface area contributed by atoms with Gasteiger partial charge in [0, 0.05) is 25.2 Å². The number of carbonyl (C=O) groups excluding carboxylic acids is 3. The van der Waals surface area contributed by atoms with Crippen LogP contribution in [0, 0.1) is 28.6 Å². The lowest BCUT2D eigenvalue weighted by Gasteiger charge is -2.62. The first-order valence-electron chi connectivity index (χ1n) is 10.8. The summed E-state index contributed by atoms with van der Waals surface area (Å²) in [5.41, 5.74) is -1.90. The lowest BCUT2D eigenvalue weighted by atomic mass is 9.44. The molecule has 0 aromatic heterocycles. The van der Waals surface area contributed by atoms with Crippen LogP contribution in [0.4, 0.5) is 0 Å². The van der Waals surface area contributed by atoms with Gasteiger partial charge in [-0.3, -0.25) is 14.4 Å². The molecule has 8 atom stereocenters. The van der Waals surface area contributed by atoms with Crippen molar-refractivity contribution >= 4 is 17.5 Å². The molecule has 0 radical (unpaired) electrons. The van der Waals surface area contributed by atoms with Gasteiger partial charge < -0.3 is 14.9 Å². The van der Waals surface area contributed by atoms with Gasteiger partial charge >= 0.3 is 5.97 Å². The Morgan fingerprint density at radius 1 is 1.17 bits per heavy atom. The van der Waals surface area contributed by atoms with E-state index >= 15 is 0 Å². The average molecular weight is 405 g/mol. The summed E-state index contributed by atoms with van der Waals surface area (Å²) in [5.74, 6) is -1.94. The fourth-order valence-electron chi connectivity index (χ4n) is 7.33. The van der Waals surface area contributed by atoms with Gasteiger partial charge in [0.05, 0.1) is 11.5 Å². The lowest BCUT2D eigenvalue weighted by molar-refractivity contribution is -0.228. The number of aliphatic hydroxyl groups is 2. The number of allylic oxidation sites excluding steroid dienone is 1. The maximum absolute atomic E-state index is 13.2. The Hall–Kier alpha value is -1.53. The van der Waals surface area contributed by atoms with Crippen LogP contribution in [-0.2, 0) is 19.1 Å². The number of hydrogen-bond donors (Lipinski definition) is 2. The number of esters is 1. The van der Waals surface area contributed by atoms with Crippen LogP contribution < -0.4 is 0 Å². The smallest absolute Gasteiger partial charge is 0.302 e. The van der Waals surface area contributed by atoms with Gasteiger partial charge in [-0.05, 0) is 50.4 Å². The van der Waals surface area contributed by atoms with E-state index in [0.29, 0.717) is 25.7 Å². The molecule has 0 heterocycles. The van der Waals surface area contributed by atoms with Crippen LogP contribution in [0.25, 0.3) is 0 Å². The minimum absolute atomic E-state index is 0.00464. The molecule has 4 aliphatic carbocycles. The van der Waals surface area contributed by atoms with Crippen molar-refractivity contribution in [1.29, 1.82) is 0 Å². The molecule has 0 bridgehead atoms. The van der Waals surface area contributed by atoms with Gasteiger partial charge in [0.2, 0.25) is 0 Å². The second kappa shape index (κ2) is 6.48. The molecule has 0 spiro atoms. The minimum Gasteiger partial charge on any atom is -0.462 e. The predicted octanol–water partition coefficient (Wildman–Crippen LogP) is 2.35. The average Bonchev–Trinajstić information content (AvgIpc) is 2.85. The molecule has 2 N–H and O–H groups in total. The van der Waals surface area contributed by atoms with Crippen molar-refractivity contribution in [2.75, 3.05) is 0 Å². The summed E-state index contributed by atoms with van der Waals surface area (Å²) in [6.07, 6.45) is 4.15. The van der Waals surface area contributed by atoms with Gasteiger partial charge in [-0.25, -0.2) is 0 Å². The Labute approximate surface area is 171 Å². The van der Waals surface area contributed by atoms with E-state index in [0.717, 1.165) is 6.42 Å². The van der Waals surface area contributed by atoms with Gasteiger partial charge in [0.1, 0.15) is 17.5 Å². The number of aliphatic hydroxyl groups excluding tert-OH is 1. The van der Waals surface area contributed by atoms with E-state index in [1.807, 2.05) is 0 Å². The van der Waals surface area contributed by atoms with E-state index in [9.17, 15) is 24.6 Å². The number of fused-ring (bicyclic) bond motifs is 5. The van der Waals surface area contributed by atoms with Crippen molar-refractivity contribution in [2.45, 2.75) is 84.0 Å². The topological polar surface area (TPSA) is 101 Å². The fraction of sp³-hybridized carbons (Fsp3) is 0.783. The third-order valence-electron chi connectivity index (χ3n) is 8.94. The Balaban J connectivity index is 1.86. The molecule has 8 unspecified atom stereocenters. The lowest BCUT2D eigenvalue weighted by Crippen LogP contribution is -2.68. The quantitative estimate of drug-likeness (QED) is 0.541. The normalized spacial score (nSPS) is 48.8. The van der Waals surface area contributed by atoms with Crippen molar-refractivity contribution in [2.24, 2.45) is 28.6 Å². The molecule has 4 aliphatic rings. The highest BCUT2D eigenvalue weighted by atomic mass is 16.5. The minimum atomic E-state index is -1.70. The molecule has 29 heavy (non-hydrogen) atoms. The highest BCUT2D eigenvalue weighted by Crippen LogP contribution is 2.67. The molecule has 0 aromatic carbocycles. The van der Waals surface area contributed by atoms with Crippen LogP contribution in [0.15, 0.2) is 11.6 Å². The van der Waals surface area contributed by atoms with Gasteiger partial charge in [0.15, 0.2) is 5.78 Å². The molecule has 0 saturated heterocycles. The number of Topliss-reactive ketones (excluding diaryl/α,β-unsaturated/α-hetero) is 2. The highest BCUT2D eigenvalue weighted by Gasteiger charge is 2.75. The number of ketones is 2. The van der Waals surface area contributed by atoms with E-state index in [4.69, 9.17) is 4.74 Å².